The van der Waals surface area contributed by atoms with Crippen LogP contribution in [0, 0.1) is 0 Å². The fraction of sp³-hybridized carbons (Fsp3) is 0.643. The average molecular weight is 536 g/mol. The number of unbranched alkanes of at least 4 members (excludes halogenated alkanes) is 1. The molecule has 2 amide bonds. The van der Waals surface area contributed by atoms with Gasteiger partial charge in [-0.05, 0) is 59.9 Å². The van der Waals surface area contributed by atoms with Crippen LogP contribution in [0.5, 0.6) is 0 Å². The summed E-state index contributed by atoms with van der Waals surface area (Å²) in [6.45, 7) is 12.9. The number of benzene rings is 1. The number of hydrogen-bond acceptors (Lipinski definition) is 8. The van der Waals surface area contributed by atoms with Crippen LogP contribution in [0.1, 0.15) is 86.1 Å². The molecule has 2 N–H and O–H groups in total. The van der Waals surface area contributed by atoms with Crippen LogP contribution in [0.4, 0.5) is 4.79 Å². The number of rotatable bonds is 14. The Morgan fingerprint density at radius 2 is 1.53 bits per heavy atom. The van der Waals surface area contributed by atoms with Crippen LogP contribution in [0.15, 0.2) is 30.3 Å². The maximum atomic E-state index is 12.7. The van der Waals surface area contributed by atoms with Gasteiger partial charge in [-0.25, -0.2) is 9.80 Å². The first-order chi connectivity index (χ1) is 17.7. The van der Waals surface area contributed by atoms with E-state index in [9.17, 15) is 19.2 Å². The maximum absolute atomic E-state index is 12.7. The minimum atomic E-state index is -0.689. The Balaban J connectivity index is 2.60. The molecule has 0 spiro atoms. The number of ether oxygens (including phenoxy) is 3. The number of esters is 2. The molecule has 0 aliphatic carbocycles. The zero-order valence-electron chi connectivity index (χ0n) is 23.9. The Morgan fingerprint density at radius 3 is 2.11 bits per heavy atom. The smallest absolute Gasteiger partial charge is 0.407 e. The van der Waals surface area contributed by atoms with Crippen LogP contribution in [-0.4, -0.2) is 59.3 Å². The summed E-state index contributed by atoms with van der Waals surface area (Å²) in [5.74, 6) is -1.12. The second-order valence-corrected chi connectivity index (χ2v) is 11.1. The molecule has 1 atom stereocenters. The predicted octanol–water partition coefficient (Wildman–Crippen LogP) is 4.27. The molecular formula is C28H45N3O7. The lowest BCUT2D eigenvalue weighted by Gasteiger charge is -2.26. The van der Waals surface area contributed by atoms with Crippen molar-refractivity contribution in [1.82, 2.24) is 15.8 Å². The molecule has 1 aromatic carbocycles. The maximum Gasteiger partial charge on any atom is 0.407 e. The van der Waals surface area contributed by atoms with Crippen LogP contribution >= 0.6 is 0 Å². The summed E-state index contributed by atoms with van der Waals surface area (Å²) < 4.78 is 16.0. The summed E-state index contributed by atoms with van der Waals surface area (Å²) in [5.41, 5.74) is 2.30. The van der Waals surface area contributed by atoms with E-state index in [0.717, 1.165) is 5.56 Å². The Hall–Kier alpha value is -3.14. The summed E-state index contributed by atoms with van der Waals surface area (Å²) in [6.07, 6.45) is 1.17. The molecule has 0 fully saturated rings. The molecule has 10 heteroatoms. The molecule has 0 saturated carbocycles. The second kappa shape index (κ2) is 16.0. The van der Waals surface area contributed by atoms with Crippen molar-refractivity contribution < 1.29 is 33.4 Å². The first-order valence-corrected chi connectivity index (χ1v) is 13.1. The van der Waals surface area contributed by atoms with Gasteiger partial charge in [-0.1, -0.05) is 43.7 Å². The van der Waals surface area contributed by atoms with Gasteiger partial charge in [-0.2, -0.15) is 0 Å². The molecule has 0 bridgehead atoms. The lowest BCUT2D eigenvalue weighted by molar-refractivity contribution is -0.157. The van der Waals surface area contributed by atoms with Gasteiger partial charge in [0.2, 0.25) is 5.91 Å². The van der Waals surface area contributed by atoms with E-state index in [1.165, 1.54) is 5.01 Å². The fourth-order valence-corrected chi connectivity index (χ4v) is 3.38. The standard InChI is InChI=1S/C28H45N3O7/c1-8-31(19-25(34)37-27(2,3)4)30-23(32)18-22(29-26(35)38-28(5,6)7)16-12-13-17-24(33)36-20-21-14-10-9-11-15-21/h9-11,14-15,22H,8,12-13,16-20H2,1-7H3,(H,29,35)(H,30,32)/t22-/m0/s1. The minimum Gasteiger partial charge on any atom is -0.461 e. The van der Waals surface area contributed by atoms with E-state index in [4.69, 9.17) is 14.2 Å². The number of carbonyl (C=O) groups is 4. The highest BCUT2D eigenvalue weighted by atomic mass is 16.6. The number of hydrazine groups is 1. The van der Waals surface area contributed by atoms with Crippen molar-refractivity contribution >= 4 is 23.9 Å². The average Bonchev–Trinajstić information content (AvgIpc) is 2.78. The fourth-order valence-electron chi connectivity index (χ4n) is 3.38. The van der Waals surface area contributed by atoms with E-state index in [2.05, 4.69) is 10.7 Å². The Kier molecular flexibility index (Phi) is 13.8. The number of amides is 2. The summed E-state index contributed by atoms with van der Waals surface area (Å²) in [6, 6.07) is 8.92. The lowest BCUT2D eigenvalue weighted by atomic mass is 10.0. The molecule has 0 aliphatic rings. The van der Waals surface area contributed by atoms with Gasteiger partial charge in [-0.15, -0.1) is 0 Å². The number of nitrogens with zero attached hydrogens (tertiary/aromatic N) is 1. The summed E-state index contributed by atoms with van der Waals surface area (Å²) in [4.78, 5) is 49.3. The Morgan fingerprint density at radius 1 is 0.895 bits per heavy atom. The monoisotopic (exact) mass is 535 g/mol. The first kappa shape index (κ1) is 32.9. The number of carbonyl (C=O) groups excluding carboxylic acids is 4. The zero-order valence-corrected chi connectivity index (χ0v) is 23.9. The number of hydrogen-bond donors (Lipinski definition) is 2. The molecule has 0 unspecified atom stereocenters. The number of alkyl carbamates (subject to hydrolysis) is 1. The van der Waals surface area contributed by atoms with Crippen molar-refractivity contribution in [2.24, 2.45) is 0 Å². The van der Waals surface area contributed by atoms with Gasteiger partial charge in [0, 0.05) is 25.4 Å². The quantitative estimate of drug-likeness (QED) is 0.157. The number of nitrogens with one attached hydrogen (secondary N) is 2. The van der Waals surface area contributed by atoms with Crippen LogP contribution in [0.25, 0.3) is 0 Å². The van der Waals surface area contributed by atoms with Gasteiger partial charge in [0.1, 0.15) is 24.4 Å². The van der Waals surface area contributed by atoms with Crippen molar-refractivity contribution in [2.75, 3.05) is 13.1 Å². The SMILES string of the molecule is CCN(CC(=O)OC(C)(C)C)NC(=O)C[C@H](CCCCC(=O)OCc1ccccc1)NC(=O)OC(C)(C)C. The molecule has 10 nitrogen and oxygen atoms in total. The third-order valence-electron chi connectivity index (χ3n) is 4.98. The van der Waals surface area contributed by atoms with Crippen molar-refractivity contribution in [2.45, 2.75) is 104 Å². The molecule has 0 aromatic heterocycles. The van der Waals surface area contributed by atoms with E-state index in [-0.39, 0.29) is 37.9 Å². The minimum absolute atomic E-state index is 0.0253. The van der Waals surface area contributed by atoms with Gasteiger partial charge in [0.25, 0.3) is 0 Å². The lowest BCUT2D eigenvalue weighted by Crippen LogP contribution is -2.48. The van der Waals surface area contributed by atoms with Crippen LogP contribution in [0.2, 0.25) is 0 Å². The topological polar surface area (TPSA) is 123 Å². The van der Waals surface area contributed by atoms with Gasteiger partial charge < -0.3 is 19.5 Å². The highest BCUT2D eigenvalue weighted by Gasteiger charge is 2.23. The van der Waals surface area contributed by atoms with Crippen molar-refractivity contribution in [3.05, 3.63) is 35.9 Å². The third-order valence-corrected chi connectivity index (χ3v) is 4.98. The summed E-state index contributed by atoms with van der Waals surface area (Å²) >= 11 is 0. The predicted molar refractivity (Wildman–Crippen MR) is 144 cm³/mol. The molecule has 0 radical (unpaired) electrons. The molecular weight excluding hydrogens is 490 g/mol. The van der Waals surface area contributed by atoms with Gasteiger partial charge in [0.15, 0.2) is 0 Å². The molecule has 0 saturated heterocycles. The van der Waals surface area contributed by atoms with E-state index in [1.807, 2.05) is 30.3 Å². The molecule has 1 aromatic rings. The van der Waals surface area contributed by atoms with Crippen molar-refractivity contribution in [3.63, 3.8) is 0 Å². The van der Waals surface area contributed by atoms with E-state index in [0.29, 0.717) is 25.8 Å². The molecule has 1 rings (SSSR count). The number of likely N-dealkylation sites (N-methyl/N-ethyl adjacent to an activating group) is 1. The first-order valence-electron chi connectivity index (χ1n) is 13.1. The van der Waals surface area contributed by atoms with E-state index in [1.54, 1.807) is 48.5 Å². The molecule has 38 heavy (non-hydrogen) atoms. The van der Waals surface area contributed by atoms with E-state index < -0.39 is 29.3 Å². The summed E-state index contributed by atoms with van der Waals surface area (Å²) in [7, 11) is 0. The van der Waals surface area contributed by atoms with E-state index >= 15 is 0 Å². The van der Waals surface area contributed by atoms with Gasteiger partial charge in [-0.3, -0.25) is 19.8 Å². The normalized spacial score (nSPS) is 12.4. The Labute approximate surface area is 226 Å². The second-order valence-electron chi connectivity index (χ2n) is 11.1. The third kappa shape index (κ3) is 16.6. The van der Waals surface area contributed by atoms with Gasteiger partial charge in [0.05, 0.1) is 0 Å². The van der Waals surface area contributed by atoms with Gasteiger partial charge >= 0.3 is 18.0 Å². The van der Waals surface area contributed by atoms with Crippen LogP contribution in [0.3, 0.4) is 0 Å². The van der Waals surface area contributed by atoms with Crippen LogP contribution in [-0.2, 0) is 35.2 Å². The van der Waals surface area contributed by atoms with Crippen molar-refractivity contribution in [3.8, 4) is 0 Å². The van der Waals surface area contributed by atoms with Crippen molar-refractivity contribution in [1.29, 1.82) is 0 Å². The summed E-state index contributed by atoms with van der Waals surface area (Å²) in [5, 5.41) is 4.22. The molecule has 214 valence electrons. The Bertz CT molecular complexity index is 892. The molecule has 0 aliphatic heterocycles. The van der Waals surface area contributed by atoms with Crippen LogP contribution < -0.4 is 10.7 Å². The molecule has 0 heterocycles. The highest BCUT2D eigenvalue weighted by Crippen LogP contribution is 2.12. The highest BCUT2D eigenvalue weighted by molar-refractivity contribution is 5.78. The largest absolute Gasteiger partial charge is 0.461 e. The zero-order chi connectivity index (χ0) is 28.8.